The summed E-state index contributed by atoms with van der Waals surface area (Å²) in [5.74, 6) is 0.589. The first-order valence-corrected chi connectivity index (χ1v) is 10.5. The van der Waals surface area contributed by atoms with Crippen LogP contribution in [0.4, 0.5) is 5.13 Å². The van der Waals surface area contributed by atoms with E-state index < -0.39 is 5.91 Å². The second-order valence-corrected chi connectivity index (χ2v) is 8.10. The van der Waals surface area contributed by atoms with Gasteiger partial charge in [-0.15, -0.1) is 11.3 Å². The minimum absolute atomic E-state index is 0.0516. The van der Waals surface area contributed by atoms with Crippen LogP contribution in [0.2, 0.25) is 0 Å². The third-order valence-electron chi connectivity index (χ3n) is 4.61. The minimum Gasteiger partial charge on any atom is -0.457 e. The predicted octanol–water partition coefficient (Wildman–Crippen LogP) is 5.85. The number of nitriles is 1. The minimum atomic E-state index is -0.517. The van der Waals surface area contributed by atoms with Gasteiger partial charge in [0.1, 0.15) is 23.2 Å². The standard InChI is InChI=1S/C25H19N3O2S/c1-17-7-9-18(10-8-17)13-22-16-27-25(31-22)28-24(29)20(15-26)14-21-11-12-23(30-21)19-5-3-2-4-6-19/h2-12,14,16H,13H2,1H3,(H,27,28,29)/b20-14+. The van der Waals surface area contributed by atoms with Crippen molar-refractivity contribution in [1.29, 1.82) is 5.26 Å². The number of nitrogens with zero attached hydrogens (tertiary/aromatic N) is 2. The number of carbonyl (C=O) groups is 1. The molecule has 152 valence electrons. The molecule has 0 aliphatic rings. The quantitative estimate of drug-likeness (QED) is 0.310. The summed E-state index contributed by atoms with van der Waals surface area (Å²) in [7, 11) is 0. The van der Waals surface area contributed by atoms with E-state index in [2.05, 4.69) is 41.5 Å². The summed E-state index contributed by atoms with van der Waals surface area (Å²) in [5.41, 5.74) is 3.26. The fourth-order valence-corrected chi connectivity index (χ4v) is 3.84. The van der Waals surface area contributed by atoms with Crippen molar-refractivity contribution in [2.75, 3.05) is 5.32 Å². The first-order chi connectivity index (χ1) is 15.1. The maximum atomic E-state index is 12.6. The molecule has 2 aromatic carbocycles. The predicted molar refractivity (Wildman–Crippen MR) is 122 cm³/mol. The molecule has 1 N–H and O–H groups in total. The average molecular weight is 426 g/mol. The molecule has 0 unspecified atom stereocenters. The van der Waals surface area contributed by atoms with Crippen LogP contribution in [0.25, 0.3) is 17.4 Å². The van der Waals surface area contributed by atoms with E-state index in [1.54, 1.807) is 12.3 Å². The number of amides is 1. The Hall–Kier alpha value is -3.95. The van der Waals surface area contributed by atoms with Gasteiger partial charge in [0, 0.05) is 29.1 Å². The van der Waals surface area contributed by atoms with E-state index in [-0.39, 0.29) is 5.57 Å². The Morgan fingerprint density at radius 1 is 1.13 bits per heavy atom. The number of hydrogen-bond donors (Lipinski definition) is 1. The van der Waals surface area contributed by atoms with Crippen LogP contribution in [0.5, 0.6) is 0 Å². The molecule has 31 heavy (non-hydrogen) atoms. The third-order valence-corrected chi connectivity index (χ3v) is 5.52. The Labute approximate surface area is 184 Å². The Balaban J connectivity index is 1.44. The SMILES string of the molecule is Cc1ccc(Cc2cnc(NC(=O)/C(C#N)=C/c3ccc(-c4ccccc4)o3)s2)cc1. The number of anilines is 1. The molecule has 1 amide bonds. The molecule has 0 atom stereocenters. The van der Waals surface area contributed by atoms with Gasteiger partial charge in [0.2, 0.25) is 0 Å². The number of aryl methyl sites for hydroxylation is 1. The average Bonchev–Trinajstić information content (AvgIpc) is 3.44. The summed E-state index contributed by atoms with van der Waals surface area (Å²) < 4.78 is 5.76. The molecular weight excluding hydrogens is 406 g/mol. The maximum absolute atomic E-state index is 12.6. The lowest BCUT2D eigenvalue weighted by molar-refractivity contribution is -0.112. The topological polar surface area (TPSA) is 78.9 Å². The molecule has 4 aromatic rings. The van der Waals surface area contributed by atoms with Gasteiger partial charge in [0.05, 0.1) is 0 Å². The van der Waals surface area contributed by atoms with Crippen molar-refractivity contribution in [2.45, 2.75) is 13.3 Å². The maximum Gasteiger partial charge on any atom is 0.268 e. The fraction of sp³-hybridized carbons (Fsp3) is 0.0800. The second kappa shape index (κ2) is 9.24. The second-order valence-electron chi connectivity index (χ2n) is 6.99. The van der Waals surface area contributed by atoms with E-state index >= 15 is 0 Å². The van der Waals surface area contributed by atoms with Crippen molar-refractivity contribution in [3.05, 3.63) is 100 Å². The van der Waals surface area contributed by atoms with E-state index in [0.717, 1.165) is 16.9 Å². The number of furan rings is 1. The normalized spacial score (nSPS) is 11.2. The van der Waals surface area contributed by atoms with E-state index in [4.69, 9.17) is 4.42 Å². The van der Waals surface area contributed by atoms with Crippen molar-refractivity contribution in [3.63, 3.8) is 0 Å². The Morgan fingerprint density at radius 2 is 1.90 bits per heavy atom. The number of rotatable bonds is 6. The van der Waals surface area contributed by atoms with Gasteiger partial charge in [-0.2, -0.15) is 5.26 Å². The number of carbonyl (C=O) groups excluding carboxylic acids is 1. The molecule has 4 rings (SSSR count). The molecule has 0 aliphatic carbocycles. The fourth-order valence-electron chi connectivity index (χ4n) is 3.00. The van der Waals surface area contributed by atoms with Crippen LogP contribution in [0, 0.1) is 18.3 Å². The molecule has 0 saturated carbocycles. The van der Waals surface area contributed by atoms with Gasteiger partial charge in [0.25, 0.3) is 5.91 Å². The van der Waals surface area contributed by atoms with Crippen LogP contribution in [-0.2, 0) is 11.2 Å². The molecule has 0 spiro atoms. The van der Waals surface area contributed by atoms with Gasteiger partial charge in [-0.3, -0.25) is 10.1 Å². The zero-order chi connectivity index (χ0) is 21.6. The Morgan fingerprint density at radius 3 is 2.65 bits per heavy atom. The smallest absolute Gasteiger partial charge is 0.268 e. The number of thiazole rings is 1. The van der Waals surface area contributed by atoms with Crippen LogP contribution in [0.1, 0.15) is 21.8 Å². The van der Waals surface area contributed by atoms with Gasteiger partial charge >= 0.3 is 0 Å². The lowest BCUT2D eigenvalue weighted by Crippen LogP contribution is -2.13. The third kappa shape index (κ3) is 5.16. The van der Waals surface area contributed by atoms with E-state index in [1.165, 1.54) is 28.5 Å². The van der Waals surface area contributed by atoms with Gasteiger partial charge in [-0.05, 0) is 24.6 Å². The van der Waals surface area contributed by atoms with Crippen LogP contribution in [-0.4, -0.2) is 10.9 Å². The lowest BCUT2D eigenvalue weighted by atomic mass is 10.1. The molecule has 5 nitrogen and oxygen atoms in total. The highest BCUT2D eigenvalue weighted by atomic mass is 32.1. The molecule has 2 aromatic heterocycles. The summed E-state index contributed by atoms with van der Waals surface area (Å²) in [6, 6.07) is 23.4. The monoisotopic (exact) mass is 425 g/mol. The van der Waals surface area contributed by atoms with Crippen LogP contribution < -0.4 is 5.32 Å². The molecule has 0 saturated heterocycles. The summed E-state index contributed by atoms with van der Waals surface area (Å²) in [4.78, 5) is 17.8. The highest BCUT2D eigenvalue weighted by molar-refractivity contribution is 7.15. The molecule has 0 bridgehead atoms. The van der Waals surface area contributed by atoms with Crippen molar-refractivity contribution in [2.24, 2.45) is 0 Å². The summed E-state index contributed by atoms with van der Waals surface area (Å²) in [5, 5.41) is 12.6. The van der Waals surface area contributed by atoms with Crippen LogP contribution in [0.15, 0.2) is 82.9 Å². The summed E-state index contributed by atoms with van der Waals surface area (Å²) >= 11 is 1.39. The van der Waals surface area contributed by atoms with Crippen LogP contribution >= 0.6 is 11.3 Å². The van der Waals surface area contributed by atoms with E-state index in [9.17, 15) is 10.1 Å². The number of benzene rings is 2. The van der Waals surface area contributed by atoms with Crippen molar-refractivity contribution < 1.29 is 9.21 Å². The van der Waals surface area contributed by atoms with Gasteiger partial charge < -0.3 is 4.42 Å². The first kappa shape index (κ1) is 20.3. The van der Waals surface area contributed by atoms with E-state index in [1.807, 2.05) is 42.5 Å². The number of aromatic nitrogens is 1. The van der Waals surface area contributed by atoms with Gasteiger partial charge in [-0.1, -0.05) is 60.2 Å². The Bertz CT molecular complexity index is 1260. The number of nitrogens with one attached hydrogen (secondary N) is 1. The molecule has 0 radical (unpaired) electrons. The lowest BCUT2D eigenvalue weighted by Gasteiger charge is -2.00. The summed E-state index contributed by atoms with van der Waals surface area (Å²) in [6.45, 7) is 2.05. The molecule has 0 fully saturated rings. The van der Waals surface area contributed by atoms with Crippen molar-refractivity contribution in [1.82, 2.24) is 4.98 Å². The number of hydrogen-bond acceptors (Lipinski definition) is 5. The highest BCUT2D eigenvalue weighted by Crippen LogP contribution is 2.24. The highest BCUT2D eigenvalue weighted by Gasteiger charge is 2.13. The van der Waals surface area contributed by atoms with Crippen molar-refractivity contribution >= 4 is 28.5 Å². The van der Waals surface area contributed by atoms with Gasteiger partial charge in [-0.25, -0.2) is 4.98 Å². The Kier molecular flexibility index (Phi) is 6.06. The van der Waals surface area contributed by atoms with Crippen LogP contribution in [0.3, 0.4) is 0 Å². The molecule has 6 heteroatoms. The molecule has 0 aliphatic heterocycles. The van der Waals surface area contributed by atoms with Gasteiger partial charge in [0.15, 0.2) is 5.13 Å². The summed E-state index contributed by atoms with van der Waals surface area (Å²) in [6.07, 6.45) is 3.92. The largest absolute Gasteiger partial charge is 0.457 e. The molecular formula is C25H19N3O2S. The first-order valence-electron chi connectivity index (χ1n) is 9.69. The zero-order valence-corrected chi connectivity index (χ0v) is 17.6. The van der Waals surface area contributed by atoms with Crippen molar-refractivity contribution in [3.8, 4) is 17.4 Å². The molecule has 2 heterocycles. The van der Waals surface area contributed by atoms with E-state index in [0.29, 0.717) is 16.7 Å². The zero-order valence-electron chi connectivity index (χ0n) is 16.8.